The molecule has 106 valence electrons. The first-order valence-electron chi connectivity index (χ1n) is 6.73. The van der Waals surface area contributed by atoms with Crippen molar-refractivity contribution in [1.29, 1.82) is 0 Å². The van der Waals surface area contributed by atoms with Crippen molar-refractivity contribution in [2.75, 3.05) is 23.8 Å². The fourth-order valence-electron chi connectivity index (χ4n) is 2.58. The summed E-state index contributed by atoms with van der Waals surface area (Å²) in [5.41, 5.74) is 7.57. The van der Waals surface area contributed by atoms with Gasteiger partial charge in [-0.05, 0) is 6.07 Å². The van der Waals surface area contributed by atoms with Crippen molar-refractivity contribution in [3.8, 4) is 5.75 Å². The van der Waals surface area contributed by atoms with Gasteiger partial charge in [-0.2, -0.15) is 15.1 Å². The van der Waals surface area contributed by atoms with E-state index < -0.39 is 0 Å². The smallest absolute Gasteiger partial charge is 0.224 e. The molecule has 0 atom stereocenters. The van der Waals surface area contributed by atoms with E-state index in [2.05, 4.69) is 31.1 Å². The number of rotatable bonds is 1. The summed E-state index contributed by atoms with van der Waals surface area (Å²) in [5.74, 6) is 1.94. The van der Waals surface area contributed by atoms with Crippen LogP contribution in [0.25, 0.3) is 11.0 Å². The first-order valence-corrected chi connectivity index (χ1v) is 6.73. The highest BCUT2D eigenvalue weighted by atomic mass is 16.5. The second-order valence-electron chi connectivity index (χ2n) is 4.92. The Labute approximate surface area is 120 Å². The van der Waals surface area contributed by atoms with Crippen molar-refractivity contribution in [3.05, 3.63) is 36.0 Å². The molecular formula is C14H14N6O. The van der Waals surface area contributed by atoms with Crippen molar-refractivity contribution >= 4 is 22.8 Å². The predicted molar refractivity (Wildman–Crippen MR) is 79.1 cm³/mol. The number of ether oxygens (including phenoxy) is 1. The molecule has 0 spiro atoms. The highest BCUT2D eigenvalue weighted by Gasteiger charge is 2.19. The van der Waals surface area contributed by atoms with Crippen molar-refractivity contribution in [2.24, 2.45) is 0 Å². The molecule has 3 heterocycles. The van der Waals surface area contributed by atoms with E-state index in [1.165, 1.54) is 0 Å². The molecule has 3 aromatic rings. The molecule has 0 saturated heterocycles. The number of aromatic amines is 1. The molecule has 0 unspecified atom stereocenters. The van der Waals surface area contributed by atoms with E-state index in [1.54, 1.807) is 6.20 Å². The zero-order valence-corrected chi connectivity index (χ0v) is 11.3. The molecule has 7 nitrogen and oxygen atoms in total. The number of anilines is 2. The summed E-state index contributed by atoms with van der Waals surface area (Å²) in [7, 11) is 0. The Morgan fingerprint density at radius 1 is 1.24 bits per heavy atom. The molecule has 0 amide bonds. The van der Waals surface area contributed by atoms with Crippen LogP contribution in [-0.2, 0) is 6.54 Å². The fourth-order valence-corrected chi connectivity index (χ4v) is 2.58. The Morgan fingerprint density at radius 3 is 3.10 bits per heavy atom. The number of hydrogen-bond donors (Lipinski definition) is 2. The number of nitrogen functional groups attached to an aromatic ring is 1. The quantitative estimate of drug-likeness (QED) is 0.699. The van der Waals surface area contributed by atoms with E-state index in [-0.39, 0.29) is 5.95 Å². The van der Waals surface area contributed by atoms with Gasteiger partial charge in [-0.3, -0.25) is 5.10 Å². The lowest BCUT2D eigenvalue weighted by molar-refractivity contribution is 0.331. The summed E-state index contributed by atoms with van der Waals surface area (Å²) in [6, 6.07) is 8.03. The Balaban J connectivity index is 1.80. The molecule has 0 fully saturated rings. The lowest BCUT2D eigenvalue weighted by Gasteiger charge is -2.21. The summed E-state index contributed by atoms with van der Waals surface area (Å²) in [6.45, 7) is 2.04. The maximum atomic E-state index is 5.80. The average Bonchev–Trinajstić information content (AvgIpc) is 2.84. The van der Waals surface area contributed by atoms with Gasteiger partial charge < -0.3 is 15.4 Å². The van der Waals surface area contributed by atoms with Crippen LogP contribution in [0, 0.1) is 0 Å². The lowest BCUT2D eigenvalue weighted by atomic mass is 10.2. The topological polar surface area (TPSA) is 93.0 Å². The minimum atomic E-state index is 0.236. The van der Waals surface area contributed by atoms with Gasteiger partial charge in [0.2, 0.25) is 5.95 Å². The maximum Gasteiger partial charge on any atom is 0.224 e. The van der Waals surface area contributed by atoms with Crippen molar-refractivity contribution < 1.29 is 4.74 Å². The third-order valence-electron chi connectivity index (χ3n) is 3.56. The maximum absolute atomic E-state index is 5.80. The van der Waals surface area contributed by atoms with Crippen LogP contribution in [-0.4, -0.2) is 33.3 Å². The SMILES string of the molecule is Nc1nc(N2CCOc3ccccc3C2)c2cn[nH]c2n1. The van der Waals surface area contributed by atoms with Crippen LogP contribution in [0.3, 0.4) is 0 Å². The molecule has 1 aliphatic heterocycles. The molecule has 0 saturated carbocycles. The van der Waals surface area contributed by atoms with Crippen LogP contribution in [0.2, 0.25) is 0 Å². The van der Waals surface area contributed by atoms with E-state index >= 15 is 0 Å². The van der Waals surface area contributed by atoms with E-state index in [0.29, 0.717) is 18.8 Å². The molecular weight excluding hydrogens is 268 g/mol. The van der Waals surface area contributed by atoms with Gasteiger partial charge in [0.05, 0.1) is 18.1 Å². The Bertz CT molecular complexity index is 799. The average molecular weight is 282 g/mol. The Hall–Kier alpha value is -2.83. The standard InChI is InChI=1S/C14H14N6O/c15-14-17-12-10(7-16-19-12)13(18-14)20-5-6-21-11-4-2-1-3-9(11)8-20/h1-4,7H,5-6,8H2,(H3,15,16,17,18,19). The fraction of sp³-hybridized carbons (Fsp3) is 0.214. The van der Waals surface area contributed by atoms with Crippen molar-refractivity contribution in [3.63, 3.8) is 0 Å². The second kappa shape index (κ2) is 4.62. The Kier molecular flexibility index (Phi) is 2.63. The second-order valence-corrected chi connectivity index (χ2v) is 4.92. The highest BCUT2D eigenvalue weighted by molar-refractivity contribution is 5.87. The van der Waals surface area contributed by atoms with Gasteiger partial charge in [-0.1, -0.05) is 18.2 Å². The third kappa shape index (κ3) is 2.03. The van der Waals surface area contributed by atoms with E-state index in [9.17, 15) is 0 Å². The molecule has 0 aliphatic carbocycles. The summed E-state index contributed by atoms with van der Waals surface area (Å²) in [5, 5.41) is 7.72. The van der Waals surface area contributed by atoms with Crippen molar-refractivity contribution in [1.82, 2.24) is 20.2 Å². The minimum Gasteiger partial charge on any atom is -0.491 e. The third-order valence-corrected chi connectivity index (χ3v) is 3.56. The zero-order valence-electron chi connectivity index (χ0n) is 11.3. The first-order chi connectivity index (χ1) is 10.3. The van der Waals surface area contributed by atoms with Crippen LogP contribution in [0.5, 0.6) is 5.75 Å². The van der Waals surface area contributed by atoms with E-state index in [4.69, 9.17) is 10.5 Å². The van der Waals surface area contributed by atoms with Gasteiger partial charge >= 0.3 is 0 Å². The number of aromatic nitrogens is 4. The summed E-state index contributed by atoms with van der Waals surface area (Å²) in [6.07, 6.45) is 1.72. The molecule has 1 aromatic carbocycles. The molecule has 1 aliphatic rings. The number of nitrogens with one attached hydrogen (secondary N) is 1. The zero-order chi connectivity index (χ0) is 14.2. The van der Waals surface area contributed by atoms with Crippen LogP contribution in [0.15, 0.2) is 30.5 Å². The molecule has 21 heavy (non-hydrogen) atoms. The molecule has 0 radical (unpaired) electrons. The summed E-state index contributed by atoms with van der Waals surface area (Å²) in [4.78, 5) is 10.7. The van der Waals surface area contributed by atoms with Crippen LogP contribution < -0.4 is 15.4 Å². The number of para-hydroxylation sites is 1. The molecule has 7 heteroatoms. The van der Waals surface area contributed by atoms with Gasteiger partial charge in [0, 0.05) is 12.1 Å². The number of H-pyrrole nitrogens is 1. The number of fused-ring (bicyclic) bond motifs is 2. The largest absolute Gasteiger partial charge is 0.491 e. The van der Waals surface area contributed by atoms with Crippen LogP contribution >= 0.6 is 0 Å². The van der Waals surface area contributed by atoms with Gasteiger partial charge in [0.25, 0.3) is 0 Å². The van der Waals surface area contributed by atoms with E-state index in [0.717, 1.165) is 29.1 Å². The number of nitrogens with two attached hydrogens (primary N) is 1. The number of benzene rings is 1. The minimum absolute atomic E-state index is 0.236. The molecule has 0 bridgehead atoms. The van der Waals surface area contributed by atoms with Crippen LogP contribution in [0.1, 0.15) is 5.56 Å². The normalized spacial score (nSPS) is 14.6. The summed E-state index contributed by atoms with van der Waals surface area (Å²) >= 11 is 0. The number of hydrogen-bond acceptors (Lipinski definition) is 6. The van der Waals surface area contributed by atoms with Crippen molar-refractivity contribution in [2.45, 2.75) is 6.54 Å². The van der Waals surface area contributed by atoms with Gasteiger partial charge in [-0.25, -0.2) is 0 Å². The Morgan fingerprint density at radius 2 is 2.14 bits per heavy atom. The predicted octanol–water partition coefficient (Wildman–Crippen LogP) is 1.33. The van der Waals surface area contributed by atoms with E-state index in [1.807, 2.05) is 18.2 Å². The molecule has 4 rings (SSSR count). The highest BCUT2D eigenvalue weighted by Crippen LogP contribution is 2.28. The van der Waals surface area contributed by atoms with Gasteiger partial charge in [0.15, 0.2) is 5.65 Å². The van der Waals surface area contributed by atoms with Crippen LogP contribution in [0.4, 0.5) is 11.8 Å². The lowest BCUT2D eigenvalue weighted by Crippen LogP contribution is -2.26. The molecule has 2 aromatic heterocycles. The summed E-state index contributed by atoms with van der Waals surface area (Å²) < 4.78 is 5.78. The monoisotopic (exact) mass is 282 g/mol. The van der Waals surface area contributed by atoms with Gasteiger partial charge in [-0.15, -0.1) is 0 Å². The van der Waals surface area contributed by atoms with Gasteiger partial charge in [0.1, 0.15) is 18.2 Å². The first kappa shape index (κ1) is 12.0. The molecule has 3 N–H and O–H groups in total. The number of nitrogens with zero attached hydrogens (tertiary/aromatic N) is 4.